The normalized spacial score (nSPS) is 10.3. The van der Waals surface area contributed by atoms with Crippen LogP contribution in [0.5, 0.6) is 11.5 Å². The van der Waals surface area contributed by atoms with Crippen LogP contribution in [0.15, 0.2) is 55.1 Å². The van der Waals surface area contributed by atoms with E-state index >= 15 is 0 Å². The molecule has 0 saturated heterocycles. The van der Waals surface area contributed by atoms with Gasteiger partial charge in [0.2, 0.25) is 0 Å². The number of anilines is 1. The van der Waals surface area contributed by atoms with E-state index in [9.17, 15) is 9.59 Å². The molecule has 9 nitrogen and oxygen atoms in total. The smallest absolute Gasteiger partial charge is 0.270 e. The first-order valence-corrected chi connectivity index (χ1v) is 9.07. The Morgan fingerprint density at radius 3 is 2.31 bits per heavy atom. The second-order valence-electron chi connectivity index (χ2n) is 5.87. The lowest BCUT2D eigenvalue weighted by molar-refractivity contribution is 0.100. The van der Waals surface area contributed by atoms with Gasteiger partial charge in [-0.2, -0.15) is 0 Å². The van der Waals surface area contributed by atoms with Crippen LogP contribution in [-0.4, -0.2) is 39.9 Å². The van der Waals surface area contributed by atoms with Gasteiger partial charge in [-0.3, -0.25) is 15.0 Å². The Bertz CT molecular complexity index is 988. The number of hydrogen-bond donors (Lipinski definition) is 2. The van der Waals surface area contributed by atoms with E-state index in [0.717, 1.165) is 0 Å². The van der Waals surface area contributed by atoms with Gasteiger partial charge < -0.3 is 14.8 Å². The van der Waals surface area contributed by atoms with Crippen molar-refractivity contribution >= 4 is 17.5 Å². The van der Waals surface area contributed by atoms with Crippen molar-refractivity contribution in [1.29, 1.82) is 0 Å². The van der Waals surface area contributed by atoms with Gasteiger partial charge in [0.05, 0.1) is 13.2 Å². The predicted molar refractivity (Wildman–Crippen MR) is 107 cm³/mol. The zero-order chi connectivity index (χ0) is 20.6. The highest BCUT2D eigenvalue weighted by Crippen LogP contribution is 2.29. The molecule has 2 N–H and O–H groups in total. The predicted octanol–water partition coefficient (Wildman–Crippen LogP) is 2.71. The van der Waals surface area contributed by atoms with Crippen LogP contribution in [0, 0.1) is 0 Å². The Labute approximate surface area is 167 Å². The number of aromatic nitrogens is 3. The van der Waals surface area contributed by atoms with Gasteiger partial charge in [-0.1, -0.05) is 6.07 Å². The van der Waals surface area contributed by atoms with Crippen molar-refractivity contribution < 1.29 is 19.1 Å². The molecular weight excluding hydrogens is 374 g/mol. The van der Waals surface area contributed by atoms with Crippen LogP contribution in [-0.2, 0) is 0 Å². The summed E-state index contributed by atoms with van der Waals surface area (Å²) in [7, 11) is 0. The fraction of sp³-hybridized carbons (Fsp3) is 0.200. The highest BCUT2D eigenvalue weighted by Gasteiger charge is 2.13. The number of amides is 2. The molecule has 2 aromatic carbocycles. The van der Waals surface area contributed by atoms with Crippen molar-refractivity contribution in [2.24, 2.45) is 0 Å². The molecule has 0 spiro atoms. The second-order valence-corrected chi connectivity index (χ2v) is 5.87. The Balaban J connectivity index is 1.73. The molecule has 0 unspecified atom stereocenters. The Kier molecular flexibility index (Phi) is 6.41. The highest BCUT2D eigenvalue weighted by molar-refractivity contribution is 6.06. The largest absolute Gasteiger partial charge is 0.490 e. The lowest BCUT2D eigenvalue weighted by atomic mass is 10.1. The summed E-state index contributed by atoms with van der Waals surface area (Å²) in [5, 5.41) is 10.0. The number of rotatable bonds is 8. The summed E-state index contributed by atoms with van der Waals surface area (Å²) in [6, 6.07) is 11.6. The Morgan fingerprint density at radius 1 is 0.897 bits per heavy atom. The summed E-state index contributed by atoms with van der Waals surface area (Å²) in [6.07, 6.45) is 2.73. The van der Waals surface area contributed by atoms with E-state index in [0.29, 0.717) is 41.5 Å². The maximum atomic E-state index is 12.6. The molecule has 0 aliphatic heterocycles. The lowest BCUT2D eigenvalue weighted by Crippen LogP contribution is -2.21. The summed E-state index contributed by atoms with van der Waals surface area (Å²) in [5.41, 5.74) is 3.87. The highest BCUT2D eigenvalue weighted by atomic mass is 16.5. The molecule has 2 amide bonds. The van der Waals surface area contributed by atoms with Gasteiger partial charge in [0.1, 0.15) is 12.7 Å². The molecule has 0 radical (unpaired) electrons. The lowest BCUT2D eigenvalue weighted by Gasteiger charge is -2.13. The molecule has 0 aliphatic rings. The molecule has 3 rings (SSSR count). The van der Waals surface area contributed by atoms with Gasteiger partial charge in [0.15, 0.2) is 11.5 Å². The van der Waals surface area contributed by atoms with Crippen molar-refractivity contribution in [3.8, 4) is 11.5 Å². The molecule has 0 bridgehead atoms. The van der Waals surface area contributed by atoms with Crippen LogP contribution in [0.25, 0.3) is 0 Å². The molecular formula is C20H21N5O4. The monoisotopic (exact) mass is 395 g/mol. The molecule has 3 aromatic rings. The number of ether oxygens (including phenoxy) is 2. The first kappa shape index (κ1) is 19.9. The van der Waals surface area contributed by atoms with Crippen molar-refractivity contribution in [1.82, 2.24) is 14.9 Å². The Hall–Kier alpha value is -3.88. The van der Waals surface area contributed by atoms with Gasteiger partial charge in [-0.05, 0) is 50.2 Å². The maximum absolute atomic E-state index is 12.6. The van der Waals surface area contributed by atoms with E-state index in [1.165, 1.54) is 17.3 Å². The standard InChI is InChI=1S/C20H21N5O4/c1-3-28-17-9-8-15(11-18(17)29-4-2)19(26)23-16-7-5-6-14(10-16)20(27)24-25-12-21-22-13-25/h5-13H,3-4H2,1-2H3,(H,23,26)(H,24,27). The van der Waals surface area contributed by atoms with Gasteiger partial charge in [0.25, 0.3) is 11.8 Å². The topological polar surface area (TPSA) is 107 Å². The first-order chi connectivity index (χ1) is 14.1. The minimum atomic E-state index is -0.361. The van der Waals surface area contributed by atoms with E-state index in [1.54, 1.807) is 42.5 Å². The van der Waals surface area contributed by atoms with E-state index in [4.69, 9.17) is 9.47 Å². The van der Waals surface area contributed by atoms with E-state index in [-0.39, 0.29) is 11.8 Å². The second kappa shape index (κ2) is 9.36. The summed E-state index contributed by atoms with van der Waals surface area (Å²) in [4.78, 5) is 25.0. The molecule has 0 fully saturated rings. The van der Waals surface area contributed by atoms with Crippen LogP contribution < -0.4 is 20.2 Å². The molecule has 9 heteroatoms. The van der Waals surface area contributed by atoms with Gasteiger partial charge >= 0.3 is 0 Å². The molecule has 1 aromatic heterocycles. The molecule has 150 valence electrons. The minimum Gasteiger partial charge on any atom is -0.490 e. The number of nitrogens with zero attached hydrogens (tertiary/aromatic N) is 3. The van der Waals surface area contributed by atoms with Crippen LogP contribution in [0.2, 0.25) is 0 Å². The van der Waals surface area contributed by atoms with E-state index in [2.05, 4.69) is 20.9 Å². The Morgan fingerprint density at radius 2 is 1.59 bits per heavy atom. The number of carbonyl (C=O) groups is 2. The summed E-state index contributed by atoms with van der Waals surface area (Å²) < 4.78 is 12.4. The van der Waals surface area contributed by atoms with Crippen LogP contribution in [0.3, 0.4) is 0 Å². The quantitative estimate of drug-likeness (QED) is 0.607. The molecule has 29 heavy (non-hydrogen) atoms. The zero-order valence-corrected chi connectivity index (χ0v) is 16.1. The third-order valence-corrected chi connectivity index (χ3v) is 3.84. The van der Waals surface area contributed by atoms with E-state index < -0.39 is 0 Å². The average Bonchev–Trinajstić information content (AvgIpc) is 3.23. The number of nitrogens with one attached hydrogen (secondary N) is 2. The molecule has 0 atom stereocenters. The fourth-order valence-electron chi connectivity index (χ4n) is 2.57. The zero-order valence-electron chi connectivity index (χ0n) is 16.1. The van der Waals surface area contributed by atoms with Crippen molar-refractivity contribution in [2.45, 2.75) is 13.8 Å². The number of hydrogen-bond acceptors (Lipinski definition) is 6. The third-order valence-electron chi connectivity index (χ3n) is 3.84. The SMILES string of the molecule is CCOc1ccc(C(=O)Nc2cccc(C(=O)Nn3cnnc3)c2)cc1OCC. The van der Waals surface area contributed by atoms with Gasteiger partial charge in [0, 0.05) is 16.8 Å². The number of benzene rings is 2. The molecule has 0 saturated carbocycles. The third kappa shape index (κ3) is 5.10. The maximum Gasteiger partial charge on any atom is 0.270 e. The van der Waals surface area contributed by atoms with Gasteiger partial charge in [-0.15, -0.1) is 10.2 Å². The summed E-state index contributed by atoms with van der Waals surface area (Å²) >= 11 is 0. The average molecular weight is 395 g/mol. The van der Waals surface area contributed by atoms with Crippen LogP contribution in [0.4, 0.5) is 5.69 Å². The van der Waals surface area contributed by atoms with Gasteiger partial charge in [-0.25, -0.2) is 4.68 Å². The molecule has 0 aliphatic carbocycles. The van der Waals surface area contributed by atoms with Crippen LogP contribution in [0.1, 0.15) is 34.6 Å². The fourth-order valence-corrected chi connectivity index (χ4v) is 2.57. The van der Waals surface area contributed by atoms with Crippen molar-refractivity contribution in [2.75, 3.05) is 24.0 Å². The van der Waals surface area contributed by atoms with Crippen LogP contribution >= 0.6 is 0 Å². The summed E-state index contributed by atoms with van der Waals surface area (Å²) in [6.45, 7) is 4.69. The van der Waals surface area contributed by atoms with Crippen molar-refractivity contribution in [3.63, 3.8) is 0 Å². The minimum absolute atomic E-state index is 0.328. The van der Waals surface area contributed by atoms with E-state index in [1.807, 2.05) is 13.8 Å². The van der Waals surface area contributed by atoms with Crippen molar-refractivity contribution in [3.05, 3.63) is 66.2 Å². The molecule has 1 heterocycles. The number of carbonyl (C=O) groups excluding carboxylic acids is 2. The first-order valence-electron chi connectivity index (χ1n) is 9.07. The summed E-state index contributed by atoms with van der Waals surface area (Å²) in [5.74, 6) is 0.397.